The summed E-state index contributed by atoms with van der Waals surface area (Å²) in [6.45, 7) is 2.02. The van der Waals surface area contributed by atoms with Gasteiger partial charge in [-0.25, -0.2) is 0 Å². The van der Waals surface area contributed by atoms with Crippen molar-refractivity contribution in [1.29, 1.82) is 0 Å². The van der Waals surface area contributed by atoms with E-state index in [9.17, 15) is 0 Å². The third-order valence-electron chi connectivity index (χ3n) is 3.14. The van der Waals surface area contributed by atoms with E-state index in [0.717, 1.165) is 17.0 Å². The molecule has 0 saturated carbocycles. The van der Waals surface area contributed by atoms with Crippen LogP contribution in [0.3, 0.4) is 0 Å². The summed E-state index contributed by atoms with van der Waals surface area (Å²) in [6.07, 6.45) is 4.58. The van der Waals surface area contributed by atoms with Gasteiger partial charge in [-0.3, -0.25) is 4.98 Å². The zero-order valence-electron chi connectivity index (χ0n) is 10.7. The first-order chi connectivity index (χ1) is 8.70. The van der Waals surface area contributed by atoms with Gasteiger partial charge >= 0.3 is 0 Å². The molecule has 2 rings (SSSR count). The highest BCUT2D eigenvalue weighted by molar-refractivity contribution is 6.31. The molecule has 0 bridgehead atoms. The molecule has 1 atom stereocenters. The smallest absolute Gasteiger partial charge is 0.0438 e. The minimum Gasteiger partial charge on any atom is -0.313 e. The highest BCUT2D eigenvalue weighted by Gasteiger charge is 2.11. The van der Waals surface area contributed by atoms with E-state index in [1.165, 1.54) is 11.1 Å². The van der Waals surface area contributed by atoms with Crippen LogP contribution in [0.4, 0.5) is 0 Å². The molecule has 0 amide bonds. The number of hydrogen-bond donors (Lipinski definition) is 1. The molecule has 18 heavy (non-hydrogen) atoms. The molecule has 1 heterocycles. The van der Waals surface area contributed by atoms with Crippen LogP contribution in [0.5, 0.6) is 0 Å². The van der Waals surface area contributed by atoms with Gasteiger partial charge in [0.25, 0.3) is 0 Å². The summed E-state index contributed by atoms with van der Waals surface area (Å²) >= 11 is 6.18. The van der Waals surface area contributed by atoms with Crippen LogP contribution in [0.2, 0.25) is 5.02 Å². The second-order valence-electron chi connectivity index (χ2n) is 4.41. The average molecular weight is 261 g/mol. The Balaban J connectivity index is 2.20. The number of nitrogens with one attached hydrogen (secondary N) is 1. The van der Waals surface area contributed by atoms with E-state index < -0.39 is 0 Å². The van der Waals surface area contributed by atoms with Gasteiger partial charge in [0, 0.05) is 23.5 Å². The Morgan fingerprint density at radius 3 is 2.56 bits per heavy atom. The topological polar surface area (TPSA) is 24.9 Å². The molecule has 0 aliphatic rings. The van der Waals surface area contributed by atoms with Gasteiger partial charge < -0.3 is 5.32 Å². The van der Waals surface area contributed by atoms with Crippen LogP contribution in [-0.2, 0) is 6.42 Å². The fourth-order valence-electron chi connectivity index (χ4n) is 1.97. The quantitative estimate of drug-likeness (QED) is 0.910. The molecule has 94 valence electrons. The number of nitrogens with zero attached hydrogens (tertiary/aromatic N) is 1. The molecule has 0 aliphatic heterocycles. The summed E-state index contributed by atoms with van der Waals surface area (Å²) in [5.41, 5.74) is 3.59. The summed E-state index contributed by atoms with van der Waals surface area (Å²) in [4.78, 5) is 4.04. The summed E-state index contributed by atoms with van der Waals surface area (Å²) < 4.78 is 0. The van der Waals surface area contributed by atoms with Crippen molar-refractivity contribution in [2.75, 3.05) is 7.05 Å². The molecule has 2 aromatic rings. The number of rotatable bonds is 4. The van der Waals surface area contributed by atoms with Crippen LogP contribution < -0.4 is 5.32 Å². The Labute approximate surface area is 113 Å². The number of aromatic nitrogens is 1. The number of benzene rings is 1. The maximum absolute atomic E-state index is 6.18. The lowest BCUT2D eigenvalue weighted by Crippen LogP contribution is -2.18. The van der Waals surface area contributed by atoms with Crippen molar-refractivity contribution < 1.29 is 0 Å². The lowest BCUT2D eigenvalue weighted by Gasteiger charge is -2.17. The normalized spacial score (nSPS) is 12.4. The molecule has 1 aromatic carbocycles. The molecule has 0 saturated heterocycles. The van der Waals surface area contributed by atoms with Gasteiger partial charge in [-0.15, -0.1) is 0 Å². The fraction of sp³-hybridized carbons (Fsp3) is 0.267. The predicted molar refractivity (Wildman–Crippen MR) is 75.9 cm³/mol. The fourth-order valence-corrected chi connectivity index (χ4v) is 2.16. The number of pyridine rings is 1. The van der Waals surface area contributed by atoms with E-state index in [0.29, 0.717) is 0 Å². The third-order valence-corrected chi connectivity index (χ3v) is 3.54. The highest BCUT2D eigenvalue weighted by Crippen LogP contribution is 2.23. The summed E-state index contributed by atoms with van der Waals surface area (Å²) in [7, 11) is 1.97. The molecule has 3 heteroatoms. The van der Waals surface area contributed by atoms with Crippen molar-refractivity contribution in [3.63, 3.8) is 0 Å². The Morgan fingerprint density at radius 2 is 1.94 bits per heavy atom. The number of aryl methyl sites for hydroxylation is 1. The van der Waals surface area contributed by atoms with Gasteiger partial charge in [-0.1, -0.05) is 23.7 Å². The first kappa shape index (κ1) is 13.1. The number of hydrogen-bond acceptors (Lipinski definition) is 2. The average Bonchev–Trinajstić information content (AvgIpc) is 2.40. The molecule has 2 nitrogen and oxygen atoms in total. The van der Waals surface area contributed by atoms with E-state index in [-0.39, 0.29) is 6.04 Å². The van der Waals surface area contributed by atoms with Crippen LogP contribution in [0, 0.1) is 6.92 Å². The van der Waals surface area contributed by atoms with E-state index in [4.69, 9.17) is 11.6 Å². The molecule has 0 spiro atoms. The van der Waals surface area contributed by atoms with Crippen LogP contribution in [0.15, 0.2) is 42.7 Å². The third kappa shape index (κ3) is 3.09. The number of halogens is 1. The van der Waals surface area contributed by atoms with E-state index in [2.05, 4.69) is 22.4 Å². The highest BCUT2D eigenvalue weighted by atomic mass is 35.5. The van der Waals surface area contributed by atoms with Crippen LogP contribution >= 0.6 is 11.6 Å². The first-order valence-corrected chi connectivity index (χ1v) is 6.40. The van der Waals surface area contributed by atoms with E-state index >= 15 is 0 Å². The molecular weight excluding hydrogens is 244 g/mol. The zero-order valence-corrected chi connectivity index (χ0v) is 11.4. The van der Waals surface area contributed by atoms with E-state index in [1.54, 1.807) is 0 Å². The van der Waals surface area contributed by atoms with Gasteiger partial charge in [-0.2, -0.15) is 0 Å². The summed E-state index contributed by atoms with van der Waals surface area (Å²) in [5.74, 6) is 0. The summed E-state index contributed by atoms with van der Waals surface area (Å²) in [6, 6.07) is 10.6. The molecule has 1 aromatic heterocycles. The van der Waals surface area contributed by atoms with Gasteiger partial charge in [0.2, 0.25) is 0 Å². The van der Waals surface area contributed by atoms with Crippen LogP contribution in [0.25, 0.3) is 0 Å². The minimum absolute atomic E-state index is 0.269. The maximum atomic E-state index is 6.18. The molecular formula is C15H17ClN2. The van der Waals surface area contributed by atoms with E-state index in [1.807, 2.05) is 44.6 Å². The maximum Gasteiger partial charge on any atom is 0.0438 e. The largest absolute Gasteiger partial charge is 0.313 e. The Morgan fingerprint density at radius 1 is 1.22 bits per heavy atom. The van der Waals surface area contributed by atoms with Gasteiger partial charge in [-0.05, 0) is 55.3 Å². The van der Waals surface area contributed by atoms with Crippen LogP contribution in [0.1, 0.15) is 22.7 Å². The summed E-state index contributed by atoms with van der Waals surface area (Å²) in [5, 5.41) is 4.16. The van der Waals surface area contributed by atoms with Crippen molar-refractivity contribution >= 4 is 11.6 Å². The van der Waals surface area contributed by atoms with Gasteiger partial charge in [0.15, 0.2) is 0 Å². The lowest BCUT2D eigenvalue weighted by molar-refractivity contribution is 0.591. The second-order valence-corrected chi connectivity index (χ2v) is 4.82. The van der Waals surface area contributed by atoms with Crippen molar-refractivity contribution in [2.24, 2.45) is 0 Å². The minimum atomic E-state index is 0.269. The van der Waals surface area contributed by atoms with Gasteiger partial charge in [0.05, 0.1) is 0 Å². The monoisotopic (exact) mass is 260 g/mol. The second kappa shape index (κ2) is 5.98. The Bertz CT molecular complexity index is 511. The first-order valence-electron chi connectivity index (χ1n) is 6.03. The number of likely N-dealkylation sites (N-methyl/N-ethyl adjacent to an activating group) is 1. The van der Waals surface area contributed by atoms with Crippen molar-refractivity contribution in [2.45, 2.75) is 19.4 Å². The standard InChI is InChI=1S/C15H17ClN2/c1-11-3-4-13(10-14(11)16)15(17-2)9-12-5-7-18-8-6-12/h3-8,10,15,17H,9H2,1-2H3. The molecule has 1 N–H and O–H groups in total. The molecule has 1 unspecified atom stereocenters. The van der Waals surface area contributed by atoms with Crippen molar-refractivity contribution in [3.8, 4) is 0 Å². The Hall–Kier alpha value is -1.38. The predicted octanol–water partition coefficient (Wildman–Crippen LogP) is 3.55. The van der Waals surface area contributed by atoms with Crippen molar-refractivity contribution in [1.82, 2.24) is 10.3 Å². The molecule has 0 aliphatic carbocycles. The SMILES string of the molecule is CNC(Cc1ccncc1)c1ccc(C)c(Cl)c1. The molecule has 0 fully saturated rings. The van der Waals surface area contributed by atoms with Crippen LogP contribution in [-0.4, -0.2) is 12.0 Å². The Kier molecular flexibility index (Phi) is 4.34. The zero-order chi connectivity index (χ0) is 13.0. The lowest BCUT2D eigenvalue weighted by atomic mass is 9.99. The van der Waals surface area contributed by atoms with Gasteiger partial charge in [0.1, 0.15) is 0 Å². The molecule has 0 radical (unpaired) electrons. The van der Waals surface area contributed by atoms with Crippen molar-refractivity contribution in [3.05, 3.63) is 64.4 Å².